The van der Waals surface area contributed by atoms with Crippen molar-refractivity contribution in [3.8, 4) is 0 Å². The SMILES string of the molecule is O=C1[C@@H]2C3c4ccccc4C(c4ccccc43)[C@H]2C(=O)N1c1ccc(Cl)cc1[N+](=O)[O-]. The van der Waals surface area contributed by atoms with E-state index >= 15 is 0 Å². The number of carbonyl (C=O) groups is 2. The minimum atomic E-state index is -0.609. The van der Waals surface area contributed by atoms with Crippen LogP contribution in [-0.4, -0.2) is 16.7 Å². The van der Waals surface area contributed by atoms with Crippen molar-refractivity contribution in [1.29, 1.82) is 0 Å². The van der Waals surface area contributed by atoms with E-state index in [0.29, 0.717) is 0 Å². The largest absolute Gasteiger partial charge is 0.294 e. The van der Waals surface area contributed by atoms with Crippen molar-refractivity contribution in [2.24, 2.45) is 11.8 Å². The molecular formula is C24H15ClN2O4. The van der Waals surface area contributed by atoms with Gasteiger partial charge in [-0.3, -0.25) is 19.7 Å². The lowest BCUT2D eigenvalue weighted by Crippen LogP contribution is -2.41. The van der Waals surface area contributed by atoms with Crippen LogP contribution in [0.1, 0.15) is 34.1 Å². The molecule has 0 spiro atoms. The molecule has 0 saturated carbocycles. The summed E-state index contributed by atoms with van der Waals surface area (Å²) in [6, 6.07) is 19.9. The molecule has 3 aliphatic carbocycles. The molecule has 7 rings (SSSR count). The van der Waals surface area contributed by atoms with Crippen LogP contribution < -0.4 is 4.90 Å². The number of hydrogen-bond acceptors (Lipinski definition) is 4. The Morgan fingerprint density at radius 1 is 0.774 bits per heavy atom. The molecule has 0 unspecified atom stereocenters. The van der Waals surface area contributed by atoms with E-state index in [1.807, 2.05) is 48.5 Å². The summed E-state index contributed by atoms with van der Waals surface area (Å²) in [5, 5.41) is 11.8. The van der Waals surface area contributed by atoms with Crippen LogP contribution in [0, 0.1) is 22.0 Å². The Hall–Kier alpha value is -3.51. The van der Waals surface area contributed by atoms with Crippen LogP contribution in [0.5, 0.6) is 0 Å². The summed E-state index contributed by atoms with van der Waals surface area (Å²) in [6.45, 7) is 0. The summed E-state index contributed by atoms with van der Waals surface area (Å²) in [5.74, 6) is -2.46. The predicted molar refractivity (Wildman–Crippen MR) is 114 cm³/mol. The van der Waals surface area contributed by atoms with Gasteiger partial charge in [0.05, 0.1) is 16.8 Å². The van der Waals surface area contributed by atoms with Gasteiger partial charge in [0.25, 0.3) is 5.69 Å². The number of nitro benzene ring substituents is 1. The molecule has 4 aliphatic rings. The van der Waals surface area contributed by atoms with Crippen LogP contribution in [0.25, 0.3) is 0 Å². The molecule has 1 saturated heterocycles. The van der Waals surface area contributed by atoms with Crippen LogP contribution >= 0.6 is 11.6 Å². The van der Waals surface area contributed by atoms with Gasteiger partial charge in [-0.05, 0) is 34.4 Å². The Bertz CT molecular complexity index is 1200. The molecule has 152 valence electrons. The molecule has 0 radical (unpaired) electrons. The summed E-state index contributed by atoms with van der Waals surface area (Å²) in [5.41, 5.74) is 3.85. The number of nitro groups is 1. The highest BCUT2D eigenvalue weighted by Gasteiger charge is 2.62. The lowest BCUT2D eigenvalue weighted by atomic mass is 9.55. The van der Waals surface area contributed by atoms with E-state index in [0.717, 1.165) is 27.2 Å². The highest BCUT2D eigenvalue weighted by molar-refractivity contribution is 6.31. The Morgan fingerprint density at radius 2 is 1.23 bits per heavy atom. The molecule has 1 heterocycles. The summed E-state index contributed by atoms with van der Waals surface area (Å²) >= 11 is 5.95. The molecule has 2 amide bonds. The Kier molecular flexibility index (Phi) is 3.68. The molecule has 3 aromatic rings. The molecular weight excluding hydrogens is 416 g/mol. The van der Waals surface area contributed by atoms with E-state index in [9.17, 15) is 19.7 Å². The van der Waals surface area contributed by atoms with Crippen molar-refractivity contribution < 1.29 is 14.5 Å². The maximum atomic E-state index is 13.7. The maximum absolute atomic E-state index is 13.7. The van der Waals surface area contributed by atoms with E-state index in [-0.39, 0.29) is 40.0 Å². The molecule has 0 aromatic heterocycles. The molecule has 0 N–H and O–H groups in total. The van der Waals surface area contributed by atoms with Gasteiger partial charge < -0.3 is 0 Å². The van der Waals surface area contributed by atoms with Gasteiger partial charge in [0, 0.05) is 22.9 Å². The van der Waals surface area contributed by atoms with E-state index < -0.39 is 16.8 Å². The standard InChI is InChI=1S/C24H15ClN2O4/c25-12-9-10-17(18(11-12)27(30)31)26-23(28)21-19-13-5-1-2-6-14(13)20(22(21)24(26)29)16-8-4-3-7-15(16)19/h1-11,19-22H/t19?,20?,21-,22-/m1/s1. The average Bonchev–Trinajstić information content (AvgIpc) is 3.04. The van der Waals surface area contributed by atoms with E-state index in [1.165, 1.54) is 18.2 Å². The number of amides is 2. The van der Waals surface area contributed by atoms with Crippen molar-refractivity contribution in [2.75, 3.05) is 4.90 Å². The first-order valence-corrected chi connectivity index (χ1v) is 10.4. The fourth-order valence-corrected chi connectivity index (χ4v) is 5.91. The molecule has 6 nitrogen and oxygen atoms in total. The molecule has 2 bridgehead atoms. The molecule has 7 heteroatoms. The van der Waals surface area contributed by atoms with E-state index in [2.05, 4.69) is 0 Å². The zero-order chi connectivity index (χ0) is 21.4. The highest BCUT2D eigenvalue weighted by atomic mass is 35.5. The lowest BCUT2D eigenvalue weighted by molar-refractivity contribution is -0.384. The van der Waals surface area contributed by atoms with E-state index in [4.69, 9.17) is 11.6 Å². The second-order valence-electron chi connectivity index (χ2n) is 8.17. The quantitative estimate of drug-likeness (QED) is 0.337. The molecule has 1 fully saturated rings. The van der Waals surface area contributed by atoms with Crippen LogP contribution in [0.2, 0.25) is 5.02 Å². The molecule has 2 atom stereocenters. The first kappa shape index (κ1) is 18.3. The number of hydrogen-bond donors (Lipinski definition) is 0. The van der Waals surface area contributed by atoms with Crippen molar-refractivity contribution in [1.82, 2.24) is 0 Å². The van der Waals surface area contributed by atoms with Crippen molar-refractivity contribution >= 4 is 34.8 Å². The Labute approximate surface area is 182 Å². The van der Waals surface area contributed by atoms with Crippen molar-refractivity contribution in [2.45, 2.75) is 11.8 Å². The second-order valence-corrected chi connectivity index (χ2v) is 8.60. The summed E-state index contributed by atoms with van der Waals surface area (Å²) in [4.78, 5) is 39.4. The third kappa shape index (κ3) is 2.28. The zero-order valence-corrected chi connectivity index (χ0v) is 16.8. The van der Waals surface area contributed by atoms with Gasteiger partial charge >= 0.3 is 0 Å². The van der Waals surface area contributed by atoms with Gasteiger partial charge in [0.15, 0.2) is 0 Å². The number of anilines is 1. The summed E-state index contributed by atoms with van der Waals surface area (Å²) in [7, 11) is 0. The maximum Gasteiger partial charge on any atom is 0.294 e. The zero-order valence-electron chi connectivity index (χ0n) is 16.1. The van der Waals surface area contributed by atoms with E-state index in [1.54, 1.807) is 0 Å². The van der Waals surface area contributed by atoms with Gasteiger partial charge in [-0.1, -0.05) is 60.1 Å². The fourth-order valence-electron chi connectivity index (χ4n) is 5.75. The monoisotopic (exact) mass is 430 g/mol. The van der Waals surface area contributed by atoms with Crippen molar-refractivity contribution in [3.63, 3.8) is 0 Å². The van der Waals surface area contributed by atoms with Crippen LogP contribution in [0.3, 0.4) is 0 Å². The topological polar surface area (TPSA) is 80.5 Å². The number of carbonyl (C=O) groups excluding carboxylic acids is 2. The van der Waals surface area contributed by atoms with Crippen LogP contribution in [0.15, 0.2) is 66.7 Å². The highest BCUT2D eigenvalue weighted by Crippen LogP contribution is 2.61. The number of imide groups is 1. The number of rotatable bonds is 2. The minimum Gasteiger partial charge on any atom is -0.274 e. The Morgan fingerprint density at radius 3 is 1.65 bits per heavy atom. The summed E-state index contributed by atoms with van der Waals surface area (Å²) < 4.78 is 0. The van der Waals surface area contributed by atoms with Crippen LogP contribution in [-0.2, 0) is 9.59 Å². The van der Waals surface area contributed by atoms with Gasteiger partial charge in [0.1, 0.15) is 5.69 Å². The predicted octanol–water partition coefficient (Wildman–Crippen LogP) is 4.64. The lowest BCUT2D eigenvalue weighted by Gasteiger charge is -2.45. The first-order chi connectivity index (χ1) is 15.0. The second kappa shape index (κ2) is 6.25. The smallest absolute Gasteiger partial charge is 0.274 e. The Balaban J connectivity index is 1.57. The third-order valence-corrected chi connectivity index (χ3v) is 7.06. The average molecular weight is 431 g/mol. The summed E-state index contributed by atoms with van der Waals surface area (Å²) in [6.07, 6.45) is 0. The van der Waals surface area contributed by atoms with Crippen molar-refractivity contribution in [3.05, 3.63) is 104 Å². The van der Waals surface area contributed by atoms with Gasteiger partial charge in [-0.25, -0.2) is 4.90 Å². The molecule has 3 aromatic carbocycles. The number of halogens is 1. The van der Waals surface area contributed by atoms with Gasteiger partial charge in [0.2, 0.25) is 11.8 Å². The molecule has 1 aliphatic heterocycles. The van der Waals surface area contributed by atoms with Gasteiger partial charge in [-0.2, -0.15) is 0 Å². The van der Waals surface area contributed by atoms with Crippen LogP contribution in [0.4, 0.5) is 11.4 Å². The minimum absolute atomic E-state index is 0.0219. The fraction of sp³-hybridized carbons (Fsp3) is 0.167. The first-order valence-electron chi connectivity index (χ1n) is 9.98. The van der Waals surface area contributed by atoms with Gasteiger partial charge in [-0.15, -0.1) is 0 Å². The molecule has 31 heavy (non-hydrogen) atoms. The number of nitrogens with zero attached hydrogens (tertiary/aromatic N) is 2. The number of benzene rings is 3. The normalized spacial score (nSPS) is 25.3. The third-order valence-electron chi connectivity index (χ3n) is 6.82.